The first kappa shape index (κ1) is 14.3. The lowest BCUT2D eigenvalue weighted by Gasteiger charge is -2.26. The first-order valence-electron chi connectivity index (χ1n) is 7.47. The summed E-state index contributed by atoms with van der Waals surface area (Å²) in [5.41, 5.74) is 1.22. The predicted octanol–water partition coefficient (Wildman–Crippen LogP) is 3.40. The molecule has 1 aliphatic carbocycles. The smallest absolute Gasteiger partial charge is 0.212 e. The second-order valence-electron chi connectivity index (χ2n) is 5.81. The summed E-state index contributed by atoms with van der Waals surface area (Å²) >= 11 is 0. The topological polar surface area (TPSA) is 34.1 Å². The van der Waals surface area contributed by atoms with Crippen LogP contribution in [0.5, 0.6) is 5.88 Å². The third-order valence-electron chi connectivity index (χ3n) is 4.11. The first-order valence-corrected chi connectivity index (χ1v) is 7.47. The van der Waals surface area contributed by atoms with Crippen molar-refractivity contribution in [2.75, 3.05) is 13.7 Å². The molecule has 2 rings (SSSR count). The van der Waals surface area contributed by atoms with E-state index in [9.17, 15) is 0 Å². The summed E-state index contributed by atoms with van der Waals surface area (Å²) in [5, 5.41) is 3.52. The highest BCUT2D eigenvalue weighted by atomic mass is 16.5. The predicted molar refractivity (Wildman–Crippen MR) is 78.2 cm³/mol. The Kier molecular flexibility index (Phi) is 5.64. The van der Waals surface area contributed by atoms with Crippen molar-refractivity contribution in [1.29, 1.82) is 0 Å². The van der Waals surface area contributed by atoms with Crippen molar-refractivity contribution in [3.05, 3.63) is 23.9 Å². The largest absolute Gasteiger partial charge is 0.481 e. The van der Waals surface area contributed by atoms with E-state index in [0.29, 0.717) is 5.88 Å². The molecule has 0 radical (unpaired) electrons. The maximum absolute atomic E-state index is 5.05. The minimum Gasteiger partial charge on any atom is -0.481 e. The van der Waals surface area contributed by atoms with Gasteiger partial charge in [0, 0.05) is 18.8 Å². The van der Waals surface area contributed by atoms with Gasteiger partial charge in [-0.1, -0.05) is 32.3 Å². The summed E-state index contributed by atoms with van der Waals surface area (Å²) in [6.07, 6.45) is 8.90. The van der Waals surface area contributed by atoms with Crippen molar-refractivity contribution in [2.24, 2.45) is 11.8 Å². The maximum Gasteiger partial charge on any atom is 0.212 e. The highest BCUT2D eigenvalue weighted by Crippen LogP contribution is 2.30. The summed E-state index contributed by atoms with van der Waals surface area (Å²) in [4.78, 5) is 4.21. The molecule has 1 N–H and O–H groups in total. The summed E-state index contributed by atoms with van der Waals surface area (Å²) in [6, 6.07) is 3.99. The minimum absolute atomic E-state index is 0.681. The zero-order valence-corrected chi connectivity index (χ0v) is 12.2. The van der Waals surface area contributed by atoms with E-state index in [0.717, 1.165) is 24.9 Å². The van der Waals surface area contributed by atoms with E-state index >= 15 is 0 Å². The maximum atomic E-state index is 5.05. The minimum atomic E-state index is 0.681. The van der Waals surface area contributed by atoms with Crippen molar-refractivity contribution in [3.8, 4) is 5.88 Å². The lowest BCUT2D eigenvalue weighted by atomic mass is 9.81. The van der Waals surface area contributed by atoms with E-state index in [1.54, 1.807) is 7.11 Å². The average molecular weight is 262 g/mol. The Morgan fingerprint density at radius 2 is 2.26 bits per heavy atom. The van der Waals surface area contributed by atoms with Gasteiger partial charge in [0.25, 0.3) is 0 Å². The Morgan fingerprint density at radius 1 is 1.37 bits per heavy atom. The van der Waals surface area contributed by atoms with E-state index in [2.05, 4.69) is 23.3 Å². The number of hydrogen-bond donors (Lipinski definition) is 1. The van der Waals surface area contributed by atoms with Gasteiger partial charge in [0.05, 0.1) is 7.11 Å². The SMILES string of the molecule is COc1ccc(CNCCC2CCCC(C)C2)cn1. The fraction of sp³-hybridized carbons (Fsp3) is 0.688. The second kappa shape index (κ2) is 7.49. The molecule has 19 heavy (non-hydrogen) atoms. The van der Waals surface area contributed by atoms with Crippen molar-refractivity contribution in [3.63, 3.8) is 0 Å². The van der Waals surface area contributed by atoms with Gasteiger partial charge in [-0.25, -0.2) is 4.98 Å². The molecular weight excluding hydrogens is 236 g/mol. The van der Waals surface area contributed by atoms with Crippen LogP contribution in [0.1, 0.15) is 44.6 Å². The summed E-state index contributed by atoms with van der Waals surface area (Å²) < 4.78 is 5.05. The molecule has 3 nitrogen and oxygen atoms in total. The van der Waals surface area contributed by atoms with E-state index in [1.807, 2.05) is 12.3 Å². The van der Waals surface area contributed by atoms with Crippen LogP contribution in [-0.2, 0) is 6.54 Å². The molecule has 2 atom stereocenters. The standard InChI is InChI=1S/C16H26N2O/c1-13-4-3-5-14(10-13)8-9-17-11-15-6-7-16(19-2)18-12-15/h6-7,12-14,17H,3-5,8-11H2,1-2H3. The molecule has 0 amide bonds. The zero-order chi connectivity index (χ0) is 13.5. The molecule has 0 saturated heterocycles. The van der Waals surface area contributed by atoms with Crippen LogP contribution >= 0.6 is 0 Å². The lowest BCUT2D eigenvalue weighted by Crippen LogP contribution is -2.21. The molecule has 1 heterocycles. The fourth-order valence-corrected chi connectivity index (χ4v) is 3.00. The quantitative estimate of drug-likeness (QED) is 0.798. The molecule has 0 spiro atoms. The Morgan fingerprint density at radius 3 is 2.95 bits per heavy atom. The zero-order valence-electron chi connectivity index (χ0n) is 12.2. The van der Waals surface area contributed by atoms with Gasteiger partial charge in [-0.3, -0.25) is 0 Å². The first-order chi connectivity index (χ1) is 9.28. The van der Waals surface area contributed by atoms with Gasteiger partial charge in [-0.15, -0.1) is 0 Å². The molecule has 0 aliphatic heterocycles. The van der Waals surface area contributed by atoms with Gasteiger partial charge in [-0.2, -0.15) is 0 Å². The number of nitrogens with zero attached hydrogens (tertiary/aromatic N) is 1. The Balaban J connectivity index is 1.63. The number of ether oxygens (including phenoxy) is 1. The van der Waals surface area contributed by atoms with Crippen molar-refractivity contribution in [2.45, 2.75) is 45.6 Å². The Bertz CT molecular complexity index is 364. The van der Waals surface area contributed by atoms with Gasteiger partial charge >= 0.3 is 0 Å². The van der Waals surface area contributed by atoms with Gasteiger partial charge < -0.3 is 10.1 Å². The van der Waals surface area contributed by atoms with E-state index in [4.69, 9.17) is 4.74 Å². The summed E-state index contributed by atoms with van der Waals surface area (Å²) in [5.74, 6) is 2.55. The molecule has 1 saturated carbocycles. The number of aromatic nitrogens is 1. The third kappa shape index (κ3) is 4.83. The fourth-order valence-electron chi connectivity index (χ4n) is 3.00. The lowest BCUT2D eigenvalue weighted by molar-refractivity contribution is 0.267. The highest BCUT2D eigenvalue weighted by Gasteiger charge is 2.17. The van der Waals surface area contributed by atoms with E-state index < -0.39 is 0 Å². The van der Waals surface area contributed by atoms with Crippen molar-refractivity contribution in [1.82, 2.24) is 10.3 Å². The molecule has 0 aromatic carbocycles. The molecule has 0 bridgehead atoms. The summed E-state index contributed by atoms with van der Waals surface area (Å²) in [6.45, 7) is 4.41. The van der Waals surface area contributed by atoms with Crippen LogP contribution in [0.2, 0.25) is 0 Å². The number of pyridine rings is 1. The van der Waals surface area contributed by atoms with E-state index in [1.165, 1.54) is 37.7 Å². The number of nitrogens with one attached hydrogen (secondary N) is 1. The van der Waals surface area contributed by atoms with Crippen LogP contribution < -0.4 is 10.1 Å². The van der Waals surface area contributed by atoms with Gasteiger partial charge in [0.1, 0.15) is 0 Å². The van der Waals surface area contributed by atoms with Gasteiger partial charge in [-0.05, 0) is 36.8 Å². The van der Waals surface area contributed by atoms with Gasteiger partial charge in [0.15, 0.2) is 0 Å². The second-order valence-corrected chi connectivity index (χ2v) is 5.81. The Labute approximate surface area is 116 Å². The Hall–Kier alpha value is -1.09. The van der Waals surface area contributed by atoms with Crippen molar-refractivity contribution >= 4 is 0 Å². The average Bonchev–Trinajstić information content (AvgIpc) is 2.44. The molecule has 3 heteroatoms. The van der Waals surface area contributed by atoms with Crippen LogP contribution in [0.4, 0.5) is 0 Å². The monoisotopic (exact) mass is 262 g/mol. The molecule has 106 valence electrons. The number of rotatable bonds is 6. The molecule has 1 aliphatic rings. The molecule has 1 fully saturated rings. The van der Waals surface area contributed by atoms with Crippen molar-refractivity contribution < 1.29 is 4.74 Å². The normalized spacial score (nSPS) is 23.3. The van der Waals surface area contributed by atoms with Crippen LogP contribution in [0.25, 0.3) is 0 Å². The van der Waals surface area contributed by atoms with Crippen LogP contribution in [-0.4, -0.2) is 18.6 Å². The number of hydrogen-bond acceptors (Lipinski definition) is 3. The number of methoxy groups -OCH3 is 1. The van der Waals surface area contributed by atoms with Gasteiger partial charge in [0.2, 0.25) is 5.88 Å². The van der Waals surface area contributed by atoms with Crippen LogP contribution in [0.3, 0.4) is 0 Å². The van der Waals surface area contributed by atoms with Crippen LogP contribution in [0, 0.1) is 11.8 Å². The van der Waals surface area contributed by atoms with E-state index in [-0.39, 0.29) is 0 Å². The molecule has 1 aromatic heterocycles. The van der Waals surface area contributed by atoms with Crippen LogP contribution in [0.15, 0.2) is 18.3 Å². The summed E-state index contributed by atoms with van der Waals surface area (Å²) in [7, 11) is 1.64. The highest BCUT2D eigenvalue weighted by molar-refractivity contribution is 5.17. The molecule has 2 unspecified atom stereocenters. The molecular formula is C16H26N2O. The third-order valence-corrected chi connectivity index (χ3v) is 4.11. The molecule has 1 aromatic rings.